The molecule has 2 nitrogen and oxygen atoms in total. The van der Waals surface area contributed by atoms with Gasteiger partial charge >= 0.3 is 0 Å². The summed E-state index contributed by atoms with van der Waals surface area (Å²) in [6.45, 7) is 2.06. The first-order chi connectivity index (χ1) is 13.3. The summed E-state index contributed by atoms with van der Waals surface area (Å²) >= 11 is 5.79. The molecule has 0 bridgehead atoms. The highest BCUT2D eigenvalue weighted by Gasteiger charge is 2.18. The maximum atomic E-state index is 5.79. The number of hydrogen-bond acceptors (Lipinski definition) is 1. The molecule has 2 aromatic carbocycles. The van der Waals surface area contributed by atoms with Crippen LogP contribution in [-0.4, -0.2) is 29.1 Å². The van der Waals surface area contributed by atoms with E-state index >= 15 is 0 Å². The predicted octanol–water partition coefficient (Wildman–Crippen LogP) is 5.37. The van der Waals surface area contributed by atoms with Crippen LogP contribution >= 0.6 is 12.2 Å². The molecule has 0 heterocycles. The van der Waals surface area contributed by atoms with Crippen molar-refractivity contribution < 1.29 is 0 Å². The quantitative estimate of drug-likeness (QED) is 0.589. The first kappa shape index (κ1) is 19.9. The van der Waals surface area contributed by atoms with E-state index in [0.717, 1.165) is 43.9 Å². The minimum atomic E-state index is 0.586. The molecule has 144 valence electrons. The van der Waals surface area contributed by atoms with Gasteiger partial charge in [-0.1, -0.05) is 73.5 Å². The average molecular weight is 381 g/mol. The molecule has 0 spiro atoms. The van der Waals surface area contributed by atoms with E-state index in [0.29, 0.717) is 6.04 Å². The van der Waals surface area contributed by atoms with Crippen molar-refractivity contribution in [2.24, 2.45) is 0 Å². The van der Waals surface area contributed by atoms with Gasteiger partial charge < -0.3 is 10.2 Å². The third-order valence-electron chi connectivity index (χ3n) is 5.44. The number of nitrogens with one attached hydrogen (secondary N) is 1. The maximum absolute atomic E-state index is 5.79. The smallest absolute Gasteiger partial charge is 0.169 e. The van der Waals surface area contributed by atoms with Gasteiger partial charge in [-0.2, -0.15) is 0 Å². The summed E-state index contributed by atoms with van der Waals surface area (Å²) in [6.07, 6.45) is 9.71. The molecular weight excluding hydrogens is 348 g/mol. The minimum Gasteiger partial charge on any atom is -0.360 e. The molecule has 2 aromatic rings. The molecule has 0 unspecified atom stereocenters. The molecule has 1 aliphatic carbocycles. The van der Waals surface area contributed by atoms with Crippen LogP contribution in [0.4, 0.5) is 0 Å². The van der Waals surface area contributed by atoms with Gasteiger partial charge in [-0.3, -0.25) is 0 Å². The molecule has 0 saturated heterocycles. The van der Waals surface area contributed by atoms with Crippen LogP contribution in [0.5, 0.6) is 0 Å². The highest BCUT2D eigenvalue weighted by molar-refractivity contribution is 7.80. The fourth-order valence-corrected chi connectivity index (χ4v) is 4.24. The van der Waals surface area contributed by atoms with Crippen LogP contribution in [0.15, 0.2) is 60.7 Å². The maximum Gasteiger partial charge on any atom is 0.169 e. The molecule has 27 heavy (non-hydrogen) atoms. The second kappa shape index (κ2) is 11.1. The van der Waals surface area contributed by atoms with Crippen molar-refractivity contribution in [3.8, 4) is 0 Å². The molecule has 1 aliphatic rings. The van der Waals surface area contributed by atoms with Crippen molar-refractivity contribution in [1.29, 1.82) is 0 Å². The van der Waals surface area contributed by atoms with E-state index in [-0.39, 0.29) is 0 Å². The third-order valence-corrected chi connectivity index (χ3v) is 5.82. The van der Waals surface area contributed by atoms with E-state index in [9.17, 15) is 0 Å². The van der Waals surface area contributed by atoms with E-state index in [1.165, 1.54) is 36.8 Å². The zero-order chi connectivity index (χ0) is 18.7. The van der Waals surface area contributed by atoms with E-state index in [1.54, 1.807) is 0 Å². The van der Waals surface area contributed by atoms with Crippen LogP contribution in [0.25, 0.3) is 0 Å². The van der Waals surface area contributed by atoms with Crippen molar-refractivity contribution in [3.05, 3.63) is 71.8 Å². The van der Waals surface area contributed by atoms with Crippen molar-refractivity contribution in [3.63, 3.8) is 0 Å². The van der Waals surface area contributed by atoms with Crippen molar-refractivity contribution in [1.82, 2.24) is 10.2 Å². The number of rotatable bonds is 9. The monoisotopic (exact) mass is 380 g/mol. The van der Waals surface area contributed by atoms with E-state index in [2.05, 4.69) is 70.9 Å². The molecule has 3 rings (SSSR count). The topological polar surface area (TPSA) is 15.3 Å². The predicted molar refractivity (Wildman–Crippen MR) is 119 cm³/mol. The Hall–Kier alpha value is -1.87. The van der Waals surface area contributed by atoms with Crippen LogP contribution < -0.4 is 5.32 Å². The zero-order valence-corrected chi connectivity index (χ0v) is 17.1. The summed E-state index contributed by atoms with van der Waals surface area (Å²) in [4.78, 5) is 2.40. The highest BCUT2D eigenvalue weighted by atomic mass is 32.1. The van der Waals surface area contributed by atoms with Gasteiger partial charge in [0.1, 0.15) is 0 Å². The van der Waals surface area contributed by atoms with Gasteiger partial charge in [0.25, 0.3) is 0 Å². The van der Waals surface area contributed by atoms with Crippen LogP contribution in [-0.2, 0) is 12.8 Å². The lowest BCUT2D eigenvalue weighted by Crippen LogP contribution is -2.44. The molecule has 1 fully saturated rings. The summed E-state index contributed by atoms with van der Waals surface area (Å²) in [6, 6.07) is 22.1. The van der Waals surface area contributed by atoms with Gasteiger partial charge in [-0.25, -0.2) is 0 Å². The lowest BCUT2D eigenvalue weighted by molar-refractivity contribution is 0.389. The standard InChI is InChI=1S/C24H32N2S/c27-24(25-23-17-7-8-18-23)26(19-9-15-21-11-3-1-4-12-21)20-10-16-22-13-5-2-6-14-22/h1-6,11-14,23H,7-10,15-20H2,(H,25,27). The van der Waals surface area contributed by atoms with Crippen molar-refractivity contribution in [2.75, 3.05) is 13.1 Å². The average Bonchev–Trinajstić information content (AvgIpc) is 3.21. The van der Waals surface area contributed by atoms with Crippen LogP contribution in [0, 0.1) is 0 Å². The van der Waals surface area contributed by atoms with Crippen LogP contribution in [0.3, 0.4) is 0 Å². The molecule has 1 N–H and O–H groups in total. The van der Waals surface area contributed by atoms with Gasteiger partial charge in [0.05, 0.1) is 0 Å². The fourth-order valence-electron chi connectivity index (χ4n) is 3.89. The molecular formula is C24H32N2S. The molecule has 0 amide bonds. The summed E-state index contributed by atoms with van der Waals surface area (Å²) in [7, 11) is 0. The third kappa shape index (κ3) is 6.99. The summed E-state index contributed by atoms with van der Waals surface area (Å²) < 4.78 is 0. The van der Waals surface area contributed by atoms with Crippen LogP contribution in [0.1, 0.15) is 49.7 Å². The highest BCUT2D eigenvalue weighted by Crippen LogP contribution is 2.18. The Balaban J connectivity index is 1.49. The van der Waals surface area contributed by atoms with E-state index in [4.69, 9.17) is 12.2 Å². The first-order valence-electron chi connectivity index (χ1n) is 10.4. The lowest BCUT2D eigenvalue weighted by atomic mass is 10.1. The van der Waals surface area contributed by atoms with E-state index in [1.807, 2.05) is 0 Å². The zero-order valence-electron chi connectivity index (χ0n) is 16.3. The lowest BCUT2D eigenvalue weighted by Gasteiger charge is -2.28. The van der Waals surface area contributed by atoms with Gasteiger partial charge in [0, 0.05) is 19.1 Å². The molecule has 3 heteroatoms. The Kier molecular flexibility index (Phi) is 8.16. The van der Waals surface area contributed by atoms with Gasteiger partial charge in [0.2, 0.25) is 0 Å². The molecule has 0 radical (unpaired) electrons. The number of benzene rings is 2. The van der Waals surface area contributed by atoms with Gasteiger partial charge in [0.15, 0.2) is 5.11 Å². The van der Waals surface area contributed by atoms with Crippen LogP contribution in [0.2, 0.25) is 0 Å². The molecule has 0 aromatic heterocycles. The van der Waals surface area contributed by atoms with Crippen molar-refractivity contribution in [2.45, 2.75) is 57.4 Å². The second-order valence-electron chi connectivity index (χ2n) is 7.60. The summed E-state index contributed by atoms with van der Waals surface area (Å²) in [5.41, 5.74) is 2.83. The molecule has 0 atom stereocenters. The fraction of sp³-hybridized carbons (Fsp3) is 0.458. The first-order valence-corrected chi connectivity index (χ1v) is 10.9. The number of thiocarbonyl (C=S) groups is 1. The molecule has 1 saturated carbocycles. The number of nitrogens with zero attached hydrogens (tertiary/aromatic N) is 1. The Morgan fingerprint density at radius 3 is 1.78 bits per heavy atom. The molecule has 0 aliphatic heterocycles. The van der Waals surface area contributed by atoms with Crippen molar-refractivity contribution >= 4 is 17.3 Å². The Morgan fingerprint density at radius 2 is 1.30 bits per heavy atom. The van der Waals surface area contributed by atoms with Gasteiger partial charge in [-0.15, -0.1) is 0 Å². The number of aryl methyl sites for hydroxylation is 2. The largest absolute Gasteiger partial charge is 0.360 e. The Bertz CT molecular complexity index is 620. The Labute approximate surface area is 170 Å². The van der Waals surface area contributed by atoms with E-state index < -0.39 is 0 Å². The second-order valence-corrected chi connectivity index (χ2v) is 7.98. The SMILES string of the molecule is S=C(NC1CCCC1)N(CCCc1ccccc1)CCCc1ccccc1. The normalized spacial score (nSPS) is 14.2. The minimum absolute atomic E-state index is 0.586. The summed E-state index contributed by atoms with van der Waals surface area (Å²) in [5.74, 6) is 0. The Morgan fingerprint density at radius 1 is 0.815 bits per heavy atom. The summed E-state index contributed by atoms with van der Waals surface area (Å²) in [5, 5.41) is 4.59. The number of hydrogen-bond donors (Lipinski definition) is 1. The van der Waals surface area contributed by atoms with Gasteiger partial charge in [-0.05, 0) is 61.9 Å².